The molecule has 0 aliphatic rings. The quantitative estimate of drug-likeness (QED) is 0.363. The molecule has 0 aliphatic carbocycles. The van der Waals surface area contributed by atoms with Crippen molar-refractivity contribution in [3.8, 4) is 11.4 Å². The lowest BCUT2D eigenvalue weighted by Crippen LogP contribution is -2.01. The van der Waals surface area contributed by atoms with Crippen molar-refractivity contribution in [3.05, 3.63) is 70.3 Å². The Bertz CT molecular complexity index is 880. The zero-order chi connectivity index (χ0) is 17.8. The number of nitro benzene ring substituents is 1. The second-order valence-corrected chi connectivity index (χ2v) is 6.84. The van der Waals surface area contributed by atoms with Gasteiger partial charge in [0.1, 0.15) is 0 Å². The molecule has 0 saturated heterocycles. The van der Waals surface area contributed by atoms with Crippen molar-refractivity contribution >= 4 is 17.4 Å². The summed E-state index contributed by atoms with van der Waals surface area (Å²) in [5, 5.41) is 20.5. The first-order chi connectivity index (χ1) is 12.1. The van der Waals surface area contributed by atoms with Gasteiger partial charge >= 0.3 is 0 Å². The summed E-state index contributed by atoms with van der Waals surface area (Å²) in [5.74, 6) is 0.830. The van der Waals surface area contributed by atoms with E-state index in [1.165, 1.54) is 6.07 Å². The minimum absolute atomic E-state index is 0.0259. The van der Waals surface area contributed by atoms with E-state index in [0.29, 0.717) is 0 Å². The van der Waals surface area contributed by atoms with Crippen LogP contribution < -0.4 is 0 Å². The molecule has 1 heterocycles. The zero-order valence-electron chi connectivity index (χ0n) is 14.0. The largest absolute Gasteiger partial charge is 0.302 e. The summed E-state index contributed by atoms with van der Waals surface area (Å²) in [6, 6.07) is 16.7. The first-order valence-electron chi connectivity index (χ1n) is 7.99. The topological polar surface area (TPSA) is 73.8 Å². The molecule has 2 aromatic carbocycles. The fourth-order valence-electron chi connectivity index (χ4n) is 2.58. The van der Waals surface area contributed by atoms with Gasteiger partial charge in [0, 0.05) is 29.5 Å². The third kappa shape index (κ3) is 3.71. The minimum atomic E-state index is -0.372. The van der Waals surface area contributed by atoms with E-state index in [1.54, 1.807) is 23.9 Å². The minimum Gasteiger partial charge on any atom is -0.302 e. The number of aromatic nitrogens is 3. The maximum Gasteiger partial charge on any atom is 0.269 e. The van der Waals surface area contributed by atoms with Crippen LogP contribution in [0.4, 0.5) is 5.69 Å². The maximum atomic E-state index is 11.0. The summed E-state index contributed by atoms with van der Waals surface area (Å²) in [4.78, 5) is 10.6. The third-order valence-electron chi connectivity index (χ3n) is 3.90. The molecule has 1 atom stereocenters. The van der Waals surface area contributed by atoms with Gasteiger partial charge in [-0.1, -0.05) is 54.2 Å². The molecule has 0 radical (unpaired) electrons. The number of nitro groups is 1. The molecule has 0 amide bonds. The van der Waals surface area contributed by atoms with E-state index < -0.39 is 0 Å². The average molecular weight is 354 g/mol. The van der Waals surface area contributed by atoms with E-state index in [4.69, 9.17) is 0 Å². The fourth-order valence-corrected chi connectivity index (χ4v) is 3.61. The fraction of sp³-hybridized carbons (Fsp3) is 0.222. The van der Waals surface area contributed by atoms with Crippen molar-refractivity contribution in [2.24, 2.45) is 0 Å². The summed E-state index contributed by atoms with van der Waals surface area (Å²) < 4.78 is 2.06. The number of hydrogen-bond donors (Lipinski definition) is 0. The van der Waals surface area contributed by atoms with Gasteiger partial charge in [-0.3, -0.25) is 10.1 Å². The van der Waals surface area contributed by atoms with Gasteiger partial charge in [-0.05, 0) is 19.4 Å². The molecule has 0 bridgehead atoms. The molecule has 0 N–H and O–H groups in total. The van der Waals surface area contributed by atoms with Crippen LogP contribution in [0.15, 0.2) is 59.8 Å². The monoisotopic (exact) mass is 354 g/mol. The summed E-state index contributed by atoms with van der Waals surface area (Å²) in [6.07, 6.45) is 0. The highest BCUT2D eigenvalue weighted by Crippen LogP contribution is 2.36. The van der Waals surface area contributed by atoms with E-state index in [-0.39, 0.29) is 15.9 Å². The molecule has 0 unspecified atom stereocenters. The zero-order valence-corrected chi connectivity index (χ0v) is 14.8. The molecule has 0 fully saturated rings. The first-order valence-corrected chi connectivity index (χ1v) is 8.87. The Balaban J connectivity index is 1.87. The van der Waals surface area contributed by atoms with Crippen LogP contribution in [0.25, 0.3) is 11.4 Å². The normalized spacial score (nSPS) is 12.1. The van der Waals surface area contributed by atoms with Crippen molar-refractivity contribution in [1.29, 1.82) is 0 Å². The lowest BCUT2D eigenvalue weighted by molar-refractivity contribution is -0.384. The number of rotatable bonds is 6. The summed E-state index contributed by atoms with van der Waals surface area (Å²) in [6.45, 7) is 4.82. The Hall–Kier alpha value is -2.67. The van der Waals surface area contributed by atoms with E-state index in [0.717, 1.165) is 28.7 Å². The Morgan fingerprint density at radius 1 is 1.16 bits per heavy atom. The molecular weight excluding hydrogens is 336 g/mol. The smallest absolute Gasteiger partial charge is 0.269 e. The second kappa shape index (κ2) is 7.48. The Kier molecular flexibility index (Phi) is 5.14. The highest BCUT2D eigenvalue weighted by molar-refractivity contribution is 7.99. The van der Waals surface area contributed by atoms with Gasteiger partial charge < -0.3 is 4.57 Å². The van der Waals surface area contributed by atoms with Crippen LogP contribution in [0, 0.1) is 10.1 Å². The highest BCUT2D eigenvalue weighted by atomic mass is 32.2. The molecule has 128 valence electrons. The summed E-state index contributed by atoms with van der Waals surface area (Å²) in [5.41, 5.74) is 2.02. The van der Waals surface area contributed by atoms with Crippen LogP contribution in [0.5, 0.6) is 0 Å². The summed E-state index contributed by atoms with van der Waals surface area (Å²) >= 11 is 1.55. The van der Waals surface area contributed by atoms with Crippen molar-refractivity contribution in [3.63, 3.8) is 0 Å². The van der Waals surface area contributed by atoms with Crippen LogP contribution in [-0.2, 0) is 6.54 Å². The number of nitrogens with zero attached hydrogens (tertiary/aromatic N) is 4. The lowest BCUT2D eigenvalue weighted by Gasteiger charge is -2.12. The molecule has 3 rings (SSSR count). The molecule has 1 aromatic heterocycles. The predicted octanol–water partition coefficient (Wildman–Crippen LogP) is 4.73. The van der Waals surface area contributed by atoms with Crippen molar-refractivity contribution in [2.45, 2.75) is 30.8 Å². The van der Waals surface area contributed by atoms with Crippen molar-refractivity contribution < 1.29 is 4.92 Å². The van der Waals surface area contributed by atoms with Crippen molar-refractivity contribution in [2.75, 3.05) is 0 Å². The standard InChI is InChI=1S/C18H18N4O2S/c1-3-21-17(14-8-5-4-6-9-14)19-20-18(21)25-13(2)15-10-7-11-16(12-15)22(23)24/h4-13H,3H2,1-2H3/t13-/m1/s1. The van der Waals surface area contributed by atoms with Gasteiger partial charge in [0.05, 0.1) is 4.92 Å². The van der Waals surface area contributed by atoms with E-state index >= 15 is 0 Å². The van der Waals surface area contributed by atoms with Crippen LogP contribution in [-0.4, -0.2) is 19.7 Å². The number of benzene rings is 2. The first kappa shape index (κ1) is 17.2. The van der Waals surface area contributed by atoms with Crippen LogP contribution in [0.3, 0.4) is 0 Å². The molecule has 3 aromatic rings. The Labute approximate surface area is 150 Å². The van der Waals surface area contributed by atoms with Gasteiger partial charge in [0.25, 0.3) is 5.69 Å². The lowest BCUT2D eigenvalue weighted by atomic mass is 10.1. The molecule has 0 aliphatic heterocycles. The third-order valence-corrected chi connectivity index (χ3v) is 5.04. The maximum absolute atomic E-state index is 11.0. The van der Waals surface area contributed by atoms with Gasteiger partial charge in [-0.15, -0.1) is 10.2 Å². The number of non-ortho nitro benzene ring substituents is 1. The molecule has 6 nitrogen and oxygen atoms in total. The number of hydrogen-bond acceptors (Lipinski definition) is 5. The predicted molar refractivity (Wildman–Crippen MR) is 98.5 cm³/mol. The van der Waals surface area contributed by atoms with E-state index in [2.05, 4.69) is 21.7 Å². The van der Waals surface area contributed by atoms with Gasteiger partial charge in [0.15, 0.2) is 11.0 Å². The second-order valence-electron chi connectivity index (χ2n) is 5.53. The Morgan fingerprint density at radius 3 is 2.60 bits per heavy atom. The highest BCUT2D eigenvalue weighted by Gasteiger charge is 2.18. The molecule has 7 heteroatoms. The molecule has 0 saturated carbocycles. The van der Waals surface area contributed by atoms with Gasteiger partial charge in [-0.25, -0.2) is 0 Å². The number of thioether (sulfide) groups is 1. The van der Waals surface area contributed by atoms with Gasteiger partial charge in [-0.2, -0.15) is 0 Å². The van der Waals surface area contributed by atoms with Crippen molar-refractivity contribution in [1.82, 2.24) is 14.8 Å². The van der Waals surface area contributed by atoms with Crippen LogP contribution in [0.2, 0.25) is 0 Å². The van der Waals surface area contributed by atoms with E-state index in [1.807, 2.05) is 43.3 Å². The molecule has 0 spiro atoms. The SMILES string of the molecule is CCn1c(S[C@H](C)c2cccc([N+](=O)[O-])c2)nnc1-c1ccccc1. The molecular formula is C18H18N4O2S. The average Bonchev–Trinajstić information content (AvgIpc) is 3.05. The van der Waals surface area contributed by atoms with E-state index in [9.17, 15) is 10.1 Å². The van der Waals surface area contributed by atoms with Crippen LogP contribution in [0.1, 0.15) is 24.7 Å². The summed E-state index contributed by atoms with van der Waals surface area (Å²) in [7, 11) is 0. The molecule has 25 heavy (non-hydrogen) atoms. The Morgan fingerprint density at radius 2 is 1.92 bits per heavy atom. The van der Waals surface area contributed by atoms with Crippen LogP contribution >= 0.6 is 11.8 Å². The van der Waals surface area contributed by atoms with Gasteiger partial charge in [0.2, 0.25) is 0 Å².